The number of benzene rings is 2. The molecule has 0 aliphatic carbocycles. The van der Waals surface area contributed by atoms with E-state index in [0.717, 1.165) is 11.1 Å². The van der Waals surface area contributed by atoms with Crippen LogP contribution >= 0.6 is 0 Å². The molecule has 0 aliphatic heterocycles. The number of hydrogen-bond donors (Lipinski definition) is 2. The summed E-state index contributed by atoms with van der Waals surface area (Å²) in [6, 6.07) is 14.4. The summed E-state index contributed by atoms with van der Waals surface area (Å²) in [5, 5.41) is 19.6. The third kappa shape index (κ3) is 3.04. The van der Waals surface area contributed by atoms with Crippen molar-refractivity contribution < 1.29 is 19.8 Å². The number of hydrogen-bond acceptors (Lipinski definition) is 2. The first kappa shape index (κ1) is 17.7. The van der Waals surface area contributed by atoms with Crippen LogP contribution in [-0.4, -0.2) is 22.2 Å². The van der Waals surface area contributed by atoms with Gasteiger partial charge in [-0.3, -0.25) is 9.59 Å². The average molecular weight is 326 g/mol. The predicted octanol–water partition coefficient (Wildman–Crippen LogP) is 3.66. The molecule has 0 unspecified atom stereocenters. The van der Waals surface area contributed by atoms with Gasteiger partial charge in [-0.05, 0) is 35.1 Å². The summed E-state index contributed by atoms with van der Waals surface area (Å²) in [6.07, 6.45) is 0.786. The molecule has 0 saturated carbocycles. The van der Waals surface area contributed by atoms with Crippen LogP contribution in [0.5, 0.6) is 0 Å². The van der Waals surface area contributed by atoms with Crippen molar-refractivity contribution >= 4 is 11.9 Å². The van der Waals surface area contributed by atoms with E-state index in [4.69, 9.17) is 0 Å². The molecule has 0 fully saturated rings. The molecule has 0 aliphatic rings. The minimum Gasteiger partial charge on any atom is -0.481 e. The molecular weight excluding hydrogens is 304 g/mol. The molecule has 2 aromatic carbocycles. The van der Waals surface area contributed by atoms with Gasteiger partial charge in [-0.1, -0.05) is 62.4 Å². The van der Waals surface area contributed by atoms with Crippen LogP contribution < -0.4 is 0 Å². The normalized spacial score (nSPS) is 11.2. The van der Waals surface area contributed by atoms with Crippen LogP contribution in [-0.2, 0) is 27.8 Å². The maximum atomic E-state index is 12.4. The number of aryl methyl sites for hydroxylation is 2. The maximum Gasteiger partial charge on any atom is 0.319 e. The predicted molar refractivity (Wildman–Crippen MR) is 92.3 cm³/mol. The lowest BCUT2D eigenvalue weighted by atomic mass is 9.68. The lowest BCUT2D eigenvalue weighted by Crippen LogP contribution is -2.41. The van der Waals surface area contributed by atoms with Gasteiger partial charge in [0.15, 0.2) is 0 Å². The van der Waals surface area contributed by atoms with Gasteiger partial charge in [-0.2, -0.15) is 0 Å². The third-order valence-corrected chi connectivity index (χ3v) is 4.50. The first-order valence-electron chi connectivity index (χ1n) is 8.09. The molecule has 0 aromatic heterocycles. The summed E-state index contributed by atoms with van der Waals surface area (Å²) in [6.45, 7) is 3.88. The minimum atomic E-state index is -1.59. The highest BCUT2D eigenvalue weighted by Gasteiger charge is 2.46. The lowest BCUT2D eigenvalue weighted by Gasteiger charge is -2.32. The van der Waals surface area contributed by atoms with Crippen molar-refractivity contribution in [3.05, 3.63) is 70.8 Å². The molecule has 0 amide bonds. The number of carbonyl (C=O) groups is 2. The fraction of sp³-hybridized carbons (Fsp3) is 0.300. The van der Waals surface area contributed by atoms with Crippen molar-refractivity contribution in [2.24, 2.45) is 0 Å². The van der Waals surface area contributed by atoms with Gasteiger partial charge in [0.05, 0.1) is 6.42 Å². The lowest BCUT2D eigenvalue weighted by molar-refractivity contribution is -0.148. The molecule has 126 valence electrons. The van der Waals surface area contributed by atoms with Gasteiger partial charge in [-0.25, -0.2) is 0 Å². The van der Waals surface area contributed by atoms with E-state index in [0.29, 0.717) is 24.0 Å². The van der Waals surface area contributed by atoms with E-state index < -0.39 is 23.8 Å². The molecule has 2 rings (SSSR count). The highest BCUT2D eigenvalue weighted by atomic mass is 16.4. The average Bonchev–Trinajstić information content (AvgIpc) is 2.59. The van der Waals surface area contributed by atoms with Crippen molar-refractivity contribution in [3.8, 4) is 0 Å². The Kier molecular flexibility index (Phi) is 5.39. The maximum absolute atomic E-state index is 12.4. The van der Waals surface area contributed by atoms with E-state index in [9.17, 15) is 19.8 Å². The molecular formula is C20H22O4. The van der Waals surface area contributed by atoms with Gasteiger partial charge < -0.3 is 10.2 Å². The minimum absolute atomic E-state index is 0.490. The van der Waals surface area contributed by atoms with Crippen LogP contribution in [0.25, 0.3) is 0 Å². The van der Waals surface area contributed by atoms with E-state index in [-0.39, 0.29) is 0 Å². The molecule has 0 atom stereocenters. The standard InChI is InChI=1S/C20H22O4/c1-3-14-9-5-7-11-16(14)20(19(23)24,13-18(21)22)17-12-8-6-10-15(17)4-2/h5-12H,3-4,13H2,1-2H3,(H,21,22)(H,23,24). The summed E-state index contributed by atoms with van der Waals surface area (Å²) >= 11 is 0. The van der Waals surface area contributed by atoms with Crippen LogP contribution in [0.4, 0.5) is 0 Å². The zero-order chi connectivity index (χ0) is 17.7. The Morgan fingerprint density at radius 1 is 0.833 bits per heavy atom. The number of carboxylic acids is 2. The highest BCUT2D eigenvalue weighted by Crippen LogP contribution is 2.40. The smallest absolute Gasteiger partial charge is 0.319 e. The van der Waals surface area contributed by atoms with Crippen molar-refractivity contribution in [2.75, 3.05) is 0 Å². The number of carboxylic acid groups (broad SMARTS) is 2. The molecule has 24 heavy (non-hydrogen) atoms. The van der Waals surface area contributed by atoms with E-state index >= 15 is 0 Å². The Morgan fingerprint density at radius 2 is 1.25 bits per heavy atom. The monoisotopic (exact) mass is 326 g/mol. The molecule has 2 aromatic rings. The molecule has 0 heterocycles. The van der Waals surface area contributed by atoms with E-state index in [1.165, 1.54) is 0 Å². The van der Waals surface area contributed by atoms with Gasteiger partial charge >= 0.3 is 11.9 Å². The fourth-order valence-electron chi connectivity index (χ4n) is 3.36. The fourth-order valence-corrected chi connectivity index (χ4v) is 3.36. The number of rotatable bonds is 7. The molecule has 0 bridgehead atoms. The van der Waals surface area contributed by atoms with Gasteiger partial charge in [0.1, 0.15) is 5.41 Å². The Labute approximate surface area is 141 Å². The van der Waals surface area contributed by atoms with Gasteiger partial charge in [0.25, 0.3) is 0 Å². The van der Waals surface area contributed by atoms with E-state index in [2.05, 4.69) is 0 Å². The zero-order valence-electron chi connectivity index (χ0n) is 14.0. The van der Waals surface area contributed by atoms with E-state index in [1.807, 2.05) is 38.1 Å². The first-order valence-corrected chi connectivity index (χ1v) is 8.09. The summed E-state index contributed by atoms with van der Waals surface area (Å²) < 4.78 is 0. The van der Waals surface area contributed by atoms with Crippen molar-refractivity contribution in [1.82, 2.24) is 0 Å². The Balaban J connectivity index is 2.88. The summed E-state index contributed by atoms with van der Waals surface area (Å²) in [5.41, 5.74) is 1.23. The van der Waals surface area contributed by atoms with Crippen molar-refractivity contribution in [1.29, 1.82) is 0 Å². The van der Waals surface area contributed by atoms with Gasteiger partial charge in [0.2, 0.25) is 0 Å². The number of aliphatic carboxylic acids is 2. The van der Waals surface area contributed by atoms with Crippen LogP contribution in [0.15, 0.2) is 48.5 Å². The van der Waals surface area contributed by atoms with Crippen LogP contribution in [0.3, 0.4) is 0 Å². The third-order valence-electron chi connectivity index (χ3n) is 4.50. The molecule has 0 radical (unpaired) electrons. The molecule has 2 N–H and O–H groups in total. The Hall–Kier alpha value is -2.62. The summed E-state index contributed by atoms with van der Waals surface area (Å²) in [4.78, 5) is 24.0. The van der Waals surface area contributed by atoms with Crippen LogP contribution in [0.2, 0.25) is 0 Å². The topological polar surface area (TPSA) is 74.6 Å². The summed E-state index contributed by atoms with van der Waals surface area (Å²) in [5.74, 6) is -2.26. The van der Waals surface area contributed by atoms with E-state index in [1.54, 1.807) is 24.3 Å². The first-order chi connectivity index (χ1) is 11.5. The second kappa shape index (κ2) is 7.30. The molecule has 4 nitrogen and oxygen atoms in total. The molecule has 0 spiro atoms. The largest absolute Gasteiger partial charge is 0.481 e. The van der Waals surface area contributed by atoms with Gasteiger partial charge in [-0.15, -0.1) is 0 Å². The van der Waals surface area contributed by atoms with Crippen LogP contribution in [0.1, 0.15) is 42.5 Å². The Morgan fingerprint density at radius 3 is 1.58 bits per heavy atom. The van der Waals surface area contributed by atoms with Crippen LogP contribution in [0, 0.1) is 0 Å². The highest BCUT2D eigenvalue weighted by molar-refractivity contribution is 5.92. The second-order valence-corrected chi connectivity index (χ2v) is 5.80. The van der Waals surface area contributed by atoms with Gasteiger partial charge in [0, 0.05) is 0 Å². The van der Waals surface area contributed by atoms with Crippen molar-refractivity contribution in [3.63, 3.8) is 0 Å². The Bertz CT molecular complexity index is 701. The second-order valence-electron chi connectivity index (χ2n) is 5.80. The van der Waals surface area contributed by atoms with Crippen molar-refractivity contribution in [2.45, 2.75) is 38.5 Å². The SMILES string of the molecule is CCc1ccccc1C(CC(=O)O)(C(=O)O)c1ccccc1CC. The molecule has 4 heteroatoms. The quantitative estimate of drug-likeness (QED) is 0.814. The summed E-state index contributed by atoms with van der Waals surface area (Å²) in [7, 11) is 0. The molecule has 0 saturated heterocycles. The zero-order valence-corrected chi connectivity index (χ0v) is 14.0.